The summed E-state index contributed by atoms with van der Waals surface area (Å²) in [5, 5.41) is 10.6. The van der Waals surface area contributed by atoms with Gasteiger partial charge in [0.05, 0.1) is 17.2 Å². The van der Waals surface area contributed by atoms with E-state index in [0.717, 1.165) is 46.8 Å². The van der Waals surface area contributed by atoms with Gasteiger partial charge < -0.3 is 10.6 Å². The van der Waals surface area contributed by atoms with Crippen LogP contribution in [0.2, 0.25) is 5.02 Å². The second-order valence-corrected chi connectivity index (χ2v) is 6.35. The SMILES string of the molecule is CCNC(=NCc1ccc(Cl)cc1)NCCc1csc(C)n1.I. The molecular formula is C16H22ClIN4S. The molecule has 7 heteroatoms. The summed E-state index contributed by atoms with van der Waals surface area (Å²) in [6.45, 7) is 6.36. The number of hydrogen-bond donors (Lipinski definition) is 2. The van der Waals surface area contributed by atoms with Crippen molar-refractivity contribution in [1.82, 2.24) is 15.6 Å². The Bertz CT molecular complexity index is 613. The Labute approximate surface area is 163 Å². The molecule has 0 radical (unpaired) electrons. The lowest BCUT2D eigenvalue weighted by Crippen LogP contribution is -2.38. The van der Waals surface area contributed by atoms with Crippen molar-refractivity contribution in [2.75, 3.05) is 13.1 Å². The van der Waals surface area contributed by atoms with E-state index in [2.05, 4.69) is 32.9 Å². The average Bonchev–Trinajstić information content (AvgIpc) is 2.92. The first-order valence-corrected chi connectivity index (χ1v) is 8.60. The van der Waals surface area contributed by atoms with Gasteiger partial charge >= 0.3 is 0 Å². The molecule has 1 heterocycles. The highest BCUT2D eigenvalue weighted by atomic mass is 127. The van der Waals surface area contributed by atoms with Crippen molar-refractivity contribution in [3.8, 4) is 0 Å². The Morgan fingerprint density at radius 1 is 1.26 bits per heavy atom. The summed E-state index contributed by atoms with van der Waals surface area (Å²) in [6.07, 6.45) is 0.899. The Hall–Kier alpha value is -0.860. The summed E-state index contributed by atoms with van der Waals surface area (Å²) in [6, 6.07) is 7.76. The third-order valence-electron chi connectivity index (χ3n) is 3.02. The molecule has 2 rings (SSSR count). The Morgan fingerprint density at radius 3 is 2.61 bits per heavy atom. The Morgan fingerprint density at radius 2 is 2.00 bits per heavy atom. The van der Waals surface area contributed by atoms with E-state index in [1.165, 1.54) is 0 Å². The zero-order valence-electron chi connectivity index (χ0n) is 13.3. The molecule has 0 aliphatic carbocycles. The van der Waals surface area contributed by atoms with Crippen LogP contribution in [-0.2, 0) is 13.0 Å². The average molecular weight is 465 g/mol. The lowest BCUT2D eigenvalue weighted by molar-refractivity contribution is 0.790. The Balaban J connectivity index is 0.00000264. The summed E-state index contributed by atoms with van der Waals surface area (Å²) < 4.78 is 0. The van der Waals surface area contributed by atoms with E-state index in [4.69, 9.17) is 11.6 Å². The number of hydrogen-bond acceptors (Lipinski definition) is 3. The number of guanidine groups is 1. The van der Waals surface area contributed by atoms with E-state index >= 15 is 0 Å². The van der Waals surface area contributed by atoms with Gasteiger partial charge in [-0.2, -0.15) is 0 Å². The van der Waals surface area contributed by atoms with Gasteiger partial charge in [0.25, 0.3) is 0 Å². The van der Waals surface area contributed by atoms with Crippen molar-refractivity contribution < 1.29 is 0 Å². The number of nitrogens with one attached hydrogen (secondary N) is 2. The maximum Gasteiger partial charge on any atom is 0.191 e. The predicted molar refractivity (Wildman–Crippen MR) is 110 cm³/mol. The van der Waals surface area contributed by atoms with E-state index in [9.17, 15) is 0 Å². The Kier molecular flexibility index (Phi) is 9.50. The molecule has 0 unspecified atom stereocenters. The number of thiazole rings is 1. The van der Waals surface area contributed by atoms with Gasteiger partial charge in [-0.1, -0.05) is 23.7 Å². The normalized spacial score (nSPS) is 11.0. The fourth-order valence-electron chi connectivity index (χ4n) is 1.93. The van der Waals surface area contributed by atoms with Crippen LogP contribution in [0.5, 0.6) is 0 Å². The molecule has 1 aromatic heterocycles. The molecule has 0 spiro atoms. The number of nitrogens with zero attached hydrogens (tertiary/aromatic N) is 2. The molecular weight excluding hydrogens is 443 g/mol. The van der Waals surface area contributed by atoms with Crippen molar-refractivity contribution >= 4 is 52.9 Å². The minimum absolute atomic E-state index is 0. The summed E-state index contributed by atoms with van der Waals surface area (Å²) in [5.41, 5.74) is 2.26. The molecule has 0 atom stereocenters. The predicted octanol–water partition coefficient (Wildman–Crippen LogP) is 4.02. The van der Waals surface area contributed by atoms with Gasteiger partial charge in [0.2, 0.25) is 0 Å². The molecule has 1 aromatic carbocycles. The van der Waals surface area contributed by atoms with Crippen LogP contribution in [0.3, 0.4) is 0 Å². The van der Waals surface area contributed by atoms with Crippen LogP contribution in [0.25, 0.3) is 0 Å². The summed E-state index contributed by atoms with van der Waals surface area (Å²) >= 11 is 7.57. The zero-order valence-corrected chi connectivity index (χ0v) is 17.2. The minimum atomic E-state index is 0. The standard InChI is InChI=1S/C16H21ClN4S.HI/c1-3-18-16(19-9-8-15-11-22-12(2)21-15)20-10-13-4-6-14(17)7-5-13;/h4-7,11H,3,8-10H2,1-2H3,(H2,18,19,20);1H. The number of rotatable bonds is 6. The third-order valence-corrected chi connectivity index (χ3v) is 4.09. The topological polar surface area (TPSA) is 49.3 Å². The van der Waals surface area contributed by atoms with Crippen LogP contribution in [-0.4, -0.2) is 24.0 Å². The van der Waals surface area contributed by atoms with Gasteiger partial charge in [-0.3, -0.25) is 0 Å². The smallest absolute Gasteiger partial charge is 0.191 e. The molecule has 0 saturated carbocycles. The highest BCUT2D eigenvalue weighted by Crippen LogP contribution is 2.10. The molecule has 0 bridgehead atoms. The van der Waals surface area contributed by atoms with Crippen LogP contribution >= 0.6 is 46.9 Å². The van der Waals surface area contributed by atoms with E-state index in [0.29, 0.717) is 6.54 Å². The number of aliphatic imine (C=N–C) groups is 1. The van der Waals surface area contributed by atoms with Crippen molar-refractivity contribution in [2.45, 2.75) is 26.8 Å². The van der Waals surface area contributed by atoms with Gasteiger partial charge in [0.15, 0.2) is 5.96 Å². The van der Waals surface area contributed by atoms with Gasteiger partial charge in [-0.05, 0) is 31.5 Å². The quantitative estimate of drug-likeness (QED) is 0.386. The minimum Gasteiger partial charge on any atom is -0.357 e. The second kappa shape index (κ2) is 10.8. The molecule has 0 saturated heterocycles. The molecule has 0 amide bonds. The van der Waals surface area contributed by atoms with E-state index in [-0.39, 0.29) is 24.0 Å². The van der Waals surface area contributed by atoms with Crippen molar-refractivity contribution in [1.29, 1.82) is 0 Å². The highest BCUT2D eigenvalue weighted by molar-refractivity contribution is 14.0. The van der Waals surface area contributed by atoms with Gasteiger partial charge in [-0.15, -0.1) is 35.3 Å². The monoisotopic (exact) mass is 464 g/mol. The molecule has 23 heavy (non-hydrogen) atoms. The van der Waals surface area contributed by atoms with Gasteiger partial charge in [-0.25, -0.2) is 9.98 Å². The summed E-state index contributed by atoms with van der Waals surface area (Å²) in [5.74, 6) is 0.824. The first-order chi connectivity index (χ1) is 10.7. The molecule has 0 aliphatic heterocycles. The van der Waals surface area contributed by atoms with Crippen LogP contribution in [0, 0.1) is 6.92 Å². The van der Waals surface area contributed by atoms with E-state index in [1.54, 1.807) is 11.3 Å². The summed E-state index contributed by atoms with van der Waals surface area (Å²) in [7, 11) is 0. The largest absolute Gasteiger partial charge is 0.357 e. The third kappa shape index (κ3) is 7.50. The van der Waals surface area contributed by atoms with E-state index < -0.39 is 0 Å². The van der Waals surface area contributed by atoms with Crippen LogP contribution in [0.4, 0.5) is 0 Å². The van der Waals surface area contributed by atoms with Crippen molar-refractivity contribution in [3.05, 3.63) is 50.9 Å². The summed E-state index contributed by atoms with van der Waals surface area (Å²) in [4.78, 5) is 9.04. The molecule has 0 fully saturated rings. The highest BCUT2D eigenvalue weighted by Gasteiger charge is 2.01. The number of benzene rings is 1. The van der Waals surface area contributed by atoms with E-state index in [1.807, 2.05) is 31.2 Å². The lowest BCUT2D eigenvalue weighted by Gasteiger charge is -2.10. The number of halogens is 2. The first kappa shape index (κ1) is 20.2. The fraction of sp³-hybridized carbons (Fsp3) is 0.375. The second-order valence-electron chi connectivity index (χ2n) is 4.86. The van der Waals surface area contributed by atoms with Crippen LogP contribution < -0.4 is 10.6 Å². The lowest BCUT2D eigenvalue weighted by atomic mass is 10.2. The zero-order chi connectivity index (χ0) is 15.8. The van der Waals surface area contributed by atoms with Crippen LogP contribution in [0.15, 0.2) is 34.6 Å². The van der Waals surface area contributed by atoms with Crippen molar-refractivity contribution in [3.63, 3.8) is 0 Å². The first-order valence-electron chi connectivity index (χ1n) is 7.35. The van der Waals surface area contributed by atoms with Crippen molar-refractivity contribution in [2.24, 2.45) is 4.99 Å². The van der Waals surface area contributed by atoms with Crippen LogP contribution in [0.1, 0.15) is 23.2 Å². The molecule has 2 aromatic rings. The van der Waals surface area contributed by atoms with Gasteiger partial charge in [0.1, 0.15) is 0 Å². The maximum atomic E-state index is 5.89. The number of aromatic nitrogens is 1. The molecule has 2 N–H and O–H groups in total. The molecule has 126 valence electrons. The number of aryl methyl sites for hydroxylation is 1. The fourth-order valence-corrected chi connectivity index (χ4v) is 2.71. The molecule has 4 nitrogen and oxygen atoms in total. The maximum absolute atomic E-state index is 5.89. The molecule has 0 aliphatic rings. The van der Waals surface area contributed by atoms with Gasteiger partial charge in [0, 0.05) is 29.9 Å².